The summed E-state index contributed by atoms with van der Waals surface area (Å²) in [6.45, 7) is 5.57. The topological polar surface area (TPSA) is 45.4 Å². The molecule has 2 atom stereocenters. The Morgan fingerprint density at radius 3 is 2.95 bits per heavy atom. The van der Waals surface area contributed by atoms with Gasteiger partial charge in [-0.05, 0) is 32.8 Å². The van der Waals surface area contributed by atoms with E-state index in [2.05, 4.69) is 6.08 Å². The Morgan fingerprint density at radius 1 is 1.48 bits per heavy atom. The molecule has 0 bridgehead atoms. The molecule has 21 heavy (non-hydrogen) atoms. The van der Waals surface area contributed by atoms with E-state index in [0.29, 0.717) is 6.61 Å². The summed E-state index contributed by atoms with van der Waals surface area (Å²) in [5, 5.41) is 0. The van der Waals surface area contributed by atoms with Gasteiger partial charge in [-0.1, -0.05) is 6.08 Å². The Bertz CT molecular complexity index is 591. The normalized spacial score (nSPS) is 24.8. The van der Waals surface area contributed by atoms with E-state index < -0.39 is 0 Å². The molecule has 1 aliphatic carbocycles. The van der Waals surface area contributed by atoms with Gasteiger partial charge in [-0.3, -0.25) is 9.13 Å². The summed E-state index contributed by atoms with van der Waals surface area (Å²) in [6, 6.07) is 0.168. The van der Waals surface area contributed by atoms with Gasteiger partial charge in [0, 0.05) is 31.8 Å². The van der Waals surface area contributed by atoms with Crippen LogP contribution in [-0.2, 0) is 22.9 Å². The molecule has 5 heteroatoms. The molecule has 0 radical (unpaired) electrons. The molecule has 2 aliphatic rings. The molecule has 2 unspecified atom stereocenters. The van der Waals surface area contributed by atoms with Crippen LogP contribution in [0.2, 0.25) is 0 Å². The molecular weight excluding hydrogens is 268 g/mol. The van der Waals surface area contributed by atoms with E-state index in [1.165, 1.54) is 0 Å². The van der Waals surface area contributed by atoms with Gasteiger partial charge in [0.05, 0.1) is 24.5 Å². The van der Waals surface area contributed by atoms with Crippen LogP contribution >= 0.6 is 0 Å². The fourth-order valence-corrected chi connectivity index (χ4v) is 3.19. The minimum absolute atomic E-state index is 0.0373. The van der Waals surface area contributed by atoms with E-state index in [1.807, 2.05) is 31.5 Å². The Hall–Kier alpha value is -1.33. The van der Waals surface area contributed by atoms with Gasteiger partial charge in [-0.15, -0.1) is 0 Å². The first kappa shape index (κ1) is 14.6. The Labute approximate surface area is 125 Å². The van der Waals surface area contributed by atoms with Crippen LogP contribution in [0.15, 0.2) is 10.9 Å². The highest BCUT2D eigenvalue weighted by Crippen LogP contribution is 2.23. The van der Waals surface area contributed by atoms with Gasteiger partial charge in [0.25, 0.3) is 0 Å². The predicted molar refractivity (Wildman–Crippen MR) is 81.5 cm³/mol. The largest absolute Gasteiger partial charge is 0.376 e. The van der Waals surface area contributed by atoms with Gasteiger partial charge in [0.1, 0.15) is 0 Å². The number of rotatable bonds is 4. The van der Waals surface area contributed by atoms with Crippen molar-refractivity contribution in [1.29, 1.82) is 0 Å². The van der Waals surface area contributed by atoms with Crippen LogP contribution in [0, 0.1) is 0 Å². The highest BCUT2D eigenvalue weighted by atomic mass is 16.5. The van der Waals surface area contributed by atoms with Crippen molar-refractivity contribution in [2.75, 3.05) is 13.2 Å². The molecule has 1 aromatic rings. The maximum atomic E-state index is 12.3. The molecule has 1 aromatic heterocycles. The Morgan fingerprint density at radius 2 is 2.29 bits per heavy atom. The lowest BCUT2D eigenvalue weighted by Gasteiger charge is -2.21. The highest BCUT2D eigenvalue weighted by Gasteiger charge is 2.25. The number of hydrogen-bond donors (Lipinski definition) is 0. The average molecular weight is 292 g/mol. The SMILES string of the molecule is CC(C)n1c2c(n(C)c1=O)CC(OCC1CCCO1)C=C2. The van der Waals surface area contributed by atoms with Crippen LogP contribution < -0.4 is 5.69 Å². The van der Waals surface area contributed by atoms with Gasteiger partial charge in [0.2, 0.25) is 0 Å². The molecule has 0 N–H and O–H groups in total. The summed E-state index contributed by atoms with van der Waals surface area (Å²) in [5.74, 6) is 0. The van der Waals surface area contributed by atoms with Gasteiger partial charge < -0.3 is 9.47 Å². The smallest absolute Gasteiger partial charge is 0.328 e. The molecule has 3 rings (SSSR count). The van der Waals surface area contributed by atoms with Gasteiger partial charge in [-0.2, -0.15) is 0 Å². The van der Waals surface area contributed by atoms with E-state index in [1.54, 1.807) is 4.57 Å². The molecule has 0 aromatic carbocycles. The Balaban J connectivity index is 1.74. The number of ether oxygens (including phenoxy) is 2. The van der Waals surface area contributed by atoms with Gasteiger partial charge >= 0.3 is 5.69 Å². The zero-order valence-corrected chi connectivity index (χ0v) is 13.0. The van der Waals surface area contributed by atoms with Crippen LogP contribution in [0.4, 0.5) is 0 Å². The summed E-state index contributed by atoms with van der Waals surface area (Å²) < 4.78 is 15.1. The summed E-state index contributed by atoms with van der Waals surface area (Å²) in [4.78, 5) is 12.3. The molecule has 1 saturated heterocycles. The highest BCUT2D eigenvalue weighted by molar-refractivity contribution is 5.52. The molecule has 0 amide bonds. The predicted octanol–water partition coefficient (Wildman–Crippen LogP) is 1.90. The van der Waals surface area contributed by atoms with E-state index in [9.17, 15) is 4.79 Å². The zero-order chi connectivity index (χ0) is 15.0. The molecular formula is C16H24N2O3. The van der Waals surface area contributed by atoms with Crippen molar-refractivity contribution in [3.05, 3.63) is 27.9 Å². The van der Waals surface area contributed by atoms with Gasteiger partial charge in [0.15, 0.2) is 0 Å². The standard InChI is InChI=1S/C16H24N2O3/c1-11(2)18-14-7-6-12(9-15(14)17(3)16(18)19)21-10-13-5-4-8-20-13/h6-7,11-13H,4-5,8-10H2,1-3H3. The van der Waals surface area contributed by atoms with E-state index >= 15 is 0 Å². The molecule has 0 saturated carbocycles. The molecule has 5 nitrogen and oxygen atoms in total. The first-order chi connectivity index (χ1) is 10.1. The van der Waals surface area contributed by atoms with Crippen molar-refractivity contribution in [2.45, 2.75) is 51.4 Å². The summed E-state index contributed by atoms with van der Waals surface area (Å²) in [5.41, 5.74) is 2.14. The molecule has 1 fully saturated rings. The summed E-state index contributed by atoms with van der Waals surface area (Å²) in [6.07, 6.45) is 7.34. The lowest BCUT2D eigenvalue weighted by molar-refractivity contribution is -0.00471. The third kappa shape index (κ3) is 2.72. The molecule has 0 spiro atoms. The third-order valence-electron chi connectivity index (χ3n) is 4.35. The van der Waals surface area contributed by atoms with Crippen molar-refractivity contribution >= 4 is 6.08 Å². The number of hydrogen-bond acceptors (Lipinski definition) is 3. The van der Waals surface area contributed by atoms with Crippen LogP contribution in [0.5, 0.6) is 0 Å². The maximum absolute atomic E-state index is 12.3. The Kier molecular flexibility index (Phi) is 4.04. The van der Waals surface area contributed by atoms with Crippen LogP contribution in [0.1, 0.15) is 44.1 Å². The summed E-state index contributed by atoms with van der Waals surface area (Å²) in [7, 11) is 1.84. The first-order valence-corrected chi connectivity index (χ1v) is 7.79. The van der Waals surface area contributed by atoms with Crippen molar-refractivity contribution in [3.63, 3.8) is 0 Å². The van der Waals surface area contributed by atoms with Crippen molar-refractivity contribution in [3.8, 4) is 0 Å². The summed E-state index contributed by atoms with van der Waals surface area (Å²) >= 11 is 0. The molecule has 1 aliphatic heterocycles. The van der Waals surface area contributed by atoms with Crippen LogP contribution in [-0.4, -0.2) is 34.6 Å². The van der Waals surface area contributed by atoms with Crippen LogP contribution in [0.3, 0.4) is 0 Å². The first-order valence-electron chi connectivity index (χ1n) is 7.79. The van der Waals surface area contributed by atoms with Crippen molar-refractivity contribution in [2.24, 2.45) is 7.05 Å². The lowest BCUT2D eigenvalue weighted by atomic mass is 10.0. The second-order valence-corrected chi connectivity index (χ2v) is 6.21. The van der Waals surface area contributed by atoms with E-state index in [4.69, 9.17) is 9.47 Å². The number of nitrogens with zero attached hydrogens (tertiary/aromatic N) is 2. The molecule has 2 heterocycles. The third-order valence-corrected chi connectivity index (χ3v) is 4.35. The number of fused-ring (bicyclic) bond motifs is 1. The molecule has 116 valence electrons. The van der Waals surface area contributed by atoms with Crippen LogP contribution in [0.25, 0.3) is 6.08 Å². The monoisotopic (exact) mass is 292 g/mol. The number of aromatic nitrogens is 2. The van der Waals surface area contributed by atoms with E-state index in [-0.39, 0.29) is 23.9 Å². The van der Waals surface area contributed by atoms with Crippen molar-refractivity contribution in [1.82, 2.24) is 9.13 Å². The fourth-order valence-electron chi connectivity index (χ4n) is 3.19. The minimum atomic E-state index is 0.0373. The minimum Gasteiger partial charge on any atom is -0.376 e. The van der Waals surface area contributed by atoms with E-state index in [0.717, 1.165) is 37.3 Å². The fraction of sp³-hybridized carbons (Fsp3) is 0.688. The maximum Gasteiger partial charge on any atom is 0.328 e. The van der Waals surface area contributed by atoms with Crippen molar-refractivity contribution < 1.29 is 9.47 Å². The number of imidazole rings is 1. The lowest BCUT2D eigenvalue weighted by Crippen LogP contribution is -2.25. The second-order valence-electron chi connectivity index (χ2n) is 6.21. The van der Waals surface area contributed by atoms with Gasteiger partial charge in [-0.25, -0.2) is 4.79 Å². The zero-order valence-electron chi connectivity index (χ0n) is 13.0. The quantitative estimate of drug-likeness (QED) is 0.851. The second kappa shape index (κ2) is 5.81. The average Bonchev–Trinajstić information content (AvgIpc) is 3.05.